The Morgan fingerprint density at radius 2 is 2.12 bits per heavy atom. The Bertz CT molecular complexity index is 786. The van der Waals surface area contributed by atoms with Crippen LogP contribution < -0.4 is 14.8 Å². The van der Waals surface area contributed by atoms with E-state index >= 15 is 0 Å². The maximum absolute atomic E-state index is 13.3. The summed E-state index contributed by atoms with van der Waals surface area (Å²) in [5, 5.41) is 11.8. The molecular weight excluding hydrogens is 357 g/mol. The van der Waals surface area contributed by atoms with Gasteiger partial charge in [0.25, 0.3) is 0 Å². The zero-order valence-electron chi connectivity index (χ0n) is 14.3. The van der Waals surface area contributed by atoms with Crippen LogP contribution in [0.3, 0.4) is 0 Å². The zero-order valence-corrected chi connectivity index (χ0v) is 15.1. The third-order valence-electron chi connectivity index (χ3n) is 3.92. The van der Waals surface area contributed by atoms with Crippen LogP contribution in [0.4, 0.5) is 4.39 Å². The fourth-order valence-electron chi connectivity index (χ4n) is 2.68. The number of thioether (sulfide) groups is 1. The second-order valence-electron chi connectivity index (χ2n) is 5.81. The fraction of sp³-hybridized carbons (Fsp3) is 0.316. The number of hydrogen-bond acceptors (Lipinski definition) is 5. The van der Waals surface area contributed by atoms with Crippen LogP contribution in [0.2, 0.25) is 0 Å². The van der Waals surface area contributed by atoms with Crippen molar-refractivity contribution >= 4 is 17.7 Å². The lowest BCUT2D eigenvalue weighted by molar-refractivity contribution is -0.136. The van der Waals surface area contributed by atoms with E-state index in [2.05, 4.69) is 5.32 Å². The number of hydrogen-bond donors (Lipinski definition) is 2. The van der Waals surface area contributed by atoms with Crippen molar-refractivity contribution in [3.8, 4) is 11.5 Å². The summed E-state index contributed by atoms with van der Waals surface area (Å²) in [6.45, 7) is 3.01. The van der Waals surface area contributed by atoms with Crippen molar-refractivity contribution in [2.75, 3.05) is 13.2 Å². The summed E-state index contributed by atoms with van der Waals surface area (Å²) in [5.41, 5.74) is 1.66. The second-order valence-corrected chi connectivity index (χ2v) is 7.12. The van der Waals surface area contributed by atoms with E-state index in [4.69, 9.17) is 14.6 Å². The molecule has 1 fully saturated rings. The topological polar surface area (TPSA) is 67.8 Å². The summed E-state index contributed by atoms with van der Waals surface area (Å²) >= 11 is 1.37. The van der Waals surface area contributed by atoms with Gasteiger partial charge in [-0.3, -0.25) is 10.1 Å². The van der Waals surface area contributed by atoms with Crippen LogP contribution in [0.25, 0.3) is 0 Å². The second kappa shape index (κ2) is 8.42. The first-order valence-corrected chi connectivity index (χ1v) is 9.26. The molecule has 0 spiro atoms. The standard InChI is InChI=1S/C19H20FNO4S/c1-2-24-16-9-13(18-21-10-17(26-18)19(22)23)6-7-15(16)25-11-12-4-3-5-14(20)8-12/h3-9,17-18,21H,2,10-11H2,1H3,(H,22,23)/t17-,18+/m1/s1. The molecule has 3 rings (SSSR count). The molecule has 0 unspecified atom stereocenters. The lowest BCUT2D eigenvalue weighted by Crippen LogP contribution is -2.21. The molecule has 0 saturated carbocycles. The maximum atomic E-state index is 13.3. The van der Waals surface area contributed by atoms with Crippen molar-refractivity contribution in [3.05, 3.63) is 59.4 Å². The molecule has 7 heteroatoms. The van der Waals surface area contributed by atoms with Crippen LogP contribution in [0.1, 0.15) is 23.4 Å². The number of benzene rings is 2. The SMILES string of the molecule is CCOc1cc([C@H]2NC[C@H](C(=O)O)S2)ccc1OCc1cccc(F)c1. The van der Waals surface area contributed by atoms with Crippen molar-refractivity contribution in [2.24, 2.45) is 0 Å². The monoisotopic (exact) mass is 377 g/mol. The van der Waals surface area contributed by atoms with Crippen LogP contribution in [0.5, 0.6) is 11.5 Å². The molecule has 1 aliphatic heterocycles. The van der Waals surface area contributed by atoms with Crippen molar-refractivity contribution in [2.45, 2.75) is 24.2 Å². The highest BCUT2D eigenvalue weighted by molar-refractivity contribution is 8.01. The number of carbonyl (C=O) groups is 1. The van der Waals surface area contributed by atoms with Crippen LogP contribution in [-0.2, 0) is 11.4 Å². The molecule has 0 aliphatic carbocycles. The first-order valence-electron chi connectivity index (χ1n) is 8.32. The maximum Gasteiger partial charge on any atom is 0.318 e. The van der Waals surface area contributed by atoms with Gasteiger partial charge in [-0.05, 0) is 42.3 Å². The van der Waals surface area contributed by atoms with E-state index in [0.29, 0.717) is 24.7 Å². The molecular formula is C19H20FNO4S. The van der Waals surface area contributed by atoms with E-state index in [0.717, 1.165) is 11.1 Å². The molecule has 2 aromatic carbocycles. The van der Waals surface area contributed by atoms with E-state index in [1.807, 2.05) is 19.1 Å². The molecule has 26 heavy (non-hydrogen) atoms. The van der Waals surface area contributed by atoms with Gasteiger partial charge in [-0.2, -0.15) is 0 Å². The number of carboxylic acids is 1. The van der Waals surface area contributed by atoms with Crippen LogP contribution in [-0.4, -0.2) is 29.5 Å². The van der Waals surface area contributed by atoms with Gasteiger partial charge in [0, 0.05) is 6.54 Å². The quantitative estimate of drug-likeness (QED) is 0.769. The van der Waals surface area contributed by atoms with Gasteiger partial charge in [0.05, 0.1) is 12.0 Å². The van der Waals surface area contributed by atoms with Gasteiger partial charge >= 0.3 is 5.97 Å². The number of rotatable bonds is 7. The Morgan fingerprint density at radius 1 is 1.27 bits per heavy atom. The molecule has 1 heterocycles. The van der Waals surface area contributed by atoms with Crippen molar-refractivity contribution in [1.29, 1.82) is 0 Å². The minimum Gasteiger partial charge on any atom is -0.490 e. The summed E-state index contributed by atoms with van der Waals surface area (Å²) in [7, 11) is 0. The van der Waals surface area contributed by atoms with E-state index in [1.54, 1.807) is 18.2 Å². The summed E-state index contributed by atoms with van der Waals surface area (Å²) in [5.74, 6) is 0.0362. The van der Waals surface area contributed by atoms with Gasteiger partial charge in [-0.15, -0.1) is 11.8 Å². The van der Waals surface area contributed by atoms with Crippen LogP contribution in [0, 0.1) is 5.82 Å². The van der Waals surface area contributed by atoms with Crippen molar-refractivity contribution in [1.82, 2.24) is 5.32 Å². The first kappa shape index (κ1) is 18.5. The Kier molecular flexibility index (Phi) is 6.00. The average Bonchev–Trinajstić information content (AvgIpc) is 3.11. The summed E-state index contributed by atoms with van der Waals surface area (Å²) in [6, 6.07) is 11.8. The van der Waals surface area contributed by atoms with Gasteiger partial charge in [0.15, 0.2) is 11.5 Å². The first-order chi connectivity index (χ1) is 12.6. The molecule has 0 bridgehead atoms. The highest BCUT2D eigenvalue weighted by Gasteiger charge is 2.31. The van der Waals surface area contributed by atoms with Crippen LogP contribution in [0.15, 0.2) is 42.5 Å². The Hall–Kier alpha value is -2.25. The molecule has 0 radical (unpaired) electrons. The highest BCUT2D eigenvalue weighted by Crippen LogP contribution is 2.39. The van der Waals surface area contributed by atoms with Gasteiger partial charge in [-0.1, -0.05) is 18.2 Å². The Balaban J connectivity index is 1.73. The Labute approximate surface area is 155 Å². The molecule has 0 amide bonds. The molecule has 1 aliphatic rings. The number of ether oxygens (including phenoxy) is 2. The predicted molar refractivity (Wildman–Crippen MR) is 98.1 cm³/mol. The third-order valence-corrected chi connectivity index (χ3v) is 5.33. The summed E-state index contributed by atoms with van der Waals surface area (Å²) in [6.07, 6.45) is 0. The smallest absolute Gasteiger partial charge is 0.318 e. The van der Waals surface area contributed by atoms with E-state index in [9.17, 15) is 9.18 Å². The number of halogens is 1. The minimum atomic E-state index is -0.815. The number of aliphatic carboxylic acids is 1. The predicted octanol–water partition coefficient (Wildman–Crippen LogP) is 3.59. The van der Waals surface area contributed by atoms with Crippen molar-refractivity contribution < 1.29 is 23.8 Å². The van der Waals surface area contributed by atoms with Gasteiger partial charge in [-0.25, -0.2) is 4.39 Å². The van der Waals surface area contributed by atoms with Gasteiger partial charge in [0.2, 0.25) is 0 Å². The van der Waals surface area contributed by atoms with E-state index < -0.39 is 11.2 Å². The normalized spacial score (nSPS) is 19.3. The summed E-state index contributed by atoms with van der Waals surface area (Å²) < 4.78 is 24.7. The summed E-state index contributed by atoms with van der Waals surface area (Å²) in [4.78, 5) is 11.1. The fourth-order valence-corrected chi connectivity index (χ4v) is 3.81. The molecule has 2 N–H and O–H groups in total. The van der Waals surface area contributed by atoms with Gasteiger partial charge < -0.3 is 14.6 Å². The number of carboxylic acid groups (broad SMARTS) is 1. The third kappa shape index (κ3) is 4.47. The average molecular weight is 377 g/mol. The van der Waals surface area contributed by atoms with Crippen LogP contribution >= 0.6 is 11.8 Å². The zero-order chi connectivity index (χ0) is 18.5. The van der Waals surface area contributed by atoms with E-state index in [-0.39, 0.29) is 17.8 Å². The molecule has 2 aromatic rings. The lowest BCUT2D eigenvalue weighted by atomic mass is 10.2. The number of nitrogens with one attached hydrogen (secondary N) is 1. The minimum absolute atomic E-state index is 0.104. The lowest BCUT2D eigenvalue weighted by Gasteiger charge is -2.16. The highest BCUT2D eigenvalue weighted by atomic mass is 32.2. The molecule has 1 saturated heterocycles. The Morgan fingerprint density at radius 3 is 2.81 bits per heavy atom. The van der Waals surface area contributed by atoms with Crippen molar-refractivity contribution in [3.63, 3.8) is 0 Å². The largest absolute Gasteiger partial charge is 0.490 e. The molecule has 5 nitrogen and oxygen atoms in total. The van der Waals surface area contributed by atoms with E-state index in [1.165, 1.54) is 23.9 Å². The van der Waals surface area contributed by atoms with Gasteiger partial charge in [0.1, 0.15) is 17.7 Å². The molecule has 0 aromatic heterocycles. The molecule has 138 valence electrons. The molecule has 2 atom stereocenters.